The molecule has 0 fully saturated rings. The maximum Gasteiger partial charge on any atom is 0.0426 e. The van der Waals surface area contributed by atoms with Crippen LogP contribution >= 0.6 is 0 Å². The maximum atomic E-state index is 5.77. The van der Waals surface area contributed by atoms with Crippen molar-refractivity contribution in [3.63, 3.8) is 0 Å². The quantitative estimate of drug-likeness (QED) is 0.688. The number of pyridine rings is 1. The fraction of sp³-hybridized carbons (Fsp3) is 0.222. The van der Waals surface area contributed by atoms with Gasteiger partial charge >= 0.3 is 0 Å². The van der Waals surface area contributed by atoms with E-state index in [1.807, 2.05) is 6.07 Å². The Labute approximate surface area is 72.1 Å². The molecule has 4 N–H and O–H groups in total. The van der Waals surface area contributed by atoms with Crippen molar-refractivity contribution in [2.75, 3.05) is 6.54 Å². The van der Waals surface area contributed by atoms with Crippen molar-refractivity contribution in [2.45, 2.75) is 6.04 Å². The number of rotatable bonds is 3. The van der Waals surface area contributed by atoms with E-state index in [1.165, 1.54) is 0 Å². The molecule has 0 radical (unpaired) electrons. The van der Waals surface area contributed by atoms with Gasteiger partial charge in [0.05, 0.1) is 0 Å². The van der Waals surface area contributed by atoms with Crippen LogP contribution in [0.1, 0.15) is 17.2 Å². The highest BCUT2D eigenvalue weighted by Crippen LogP contribution is 2.14. The molecule has 0 saturated carbocycles. The van der Waals surface area contributed by atoms with Gasteiger partial charge in [0.2, 0.25) is 0 Å². The third-order valence-electron chi connectivity index (χ3n) is 1.76. The summed E-state index contributed by atoms with van der Waals surface area (Å²) in [5.74, 6) is 0. The lowest BCUT2D eigenvalue weighted by Crippen LogP contribution is -2.21. The molecule has 0 amide bonds. The summed E-state index contributed by atoms with van der Waals surface area (Å²) in [6, 6.07) is 1.75. The van der Waals surface area contributed by atoms with Gasteiger partial charge in [0.1, 0.15) is 0 Å². The number of hydrogen-bond donors (Lipinski definition) is 2. The zero-order valence-corrected chi connectivity index (χ0v) is 6.90. The summed E-state index contributed by atoms with van der Waals surface area (Å²) in [5.41, 5.74) is 13.2. The lowest BCUT2D eigenvalue weighted by atomic mass is 10.0. The maximum absolute atomic E-state index is 5.77. The van der Waals surface area contributed by atoms with Crippen LogP contribution in [0, 0.1) is 0 Å². The highest BCUT2D eigenvalue weighted by atomic mass is 14.7. The molecule has 0 bridgehead atoms. The Kier molecular flexibility index (Phi) is 2.96. The molecule has 12 heavy (non-hydrogen) atoms. The van der Waals surface area contributed by atoms with E-state index < -0.39 is 0 Å². The topological polar surface area (TPSA) is 64.9 Å². The van der Waals surface area contributed by atoms with Gasteiger partial charge < -0.3 is 11.5 Å². The Balaban J connectivity index is 3.04. The molecule has 0 unspecified atom stereocenters. The zero-order valence-electron chi connectivity index (χ0n) is 6.90. The van der Waals surface area contributed by atoms with E-state index in [1.54, 1.807) is 18.5 Å². The minimum atomic E-state index is -0.124. The summed E-state index contributed by atoms with van der Waals surface area (Å²) in [5, 5.41) is 0. The van der Waals surface area contributed by atoms with E-state index in [0.717, 1.165) is 11.1 Å². The van der Waals surface area contributed by atoms with Crippen LogP contribution in [0.3, 0.4) is 0 Å². The molecule has 0 aromatic carbocycles. The molecule has 1 rings (SSSR count). The Bertz CT molecular complexity index is 270. The van der Waals surface area contributed by atoms with E-state index in [-0.39, 0.29) is 6.04 Å². The Morgan fingerprint density at radius 3 is 3.00 bits per heavy atom. The van der Waals surface area contributed by atoms with Gasteiger partial charge in [-0.15, -0.1) is 0 Å². The molecule has 1 heterocycles. The van der Waals surface area contributed by atoms with E-state index in [2.05, 4.69) is 11.6 Å². The monoisotopic (exact) mass is 163 g/mol. The normalized spacial score (nSPS) is 12.5. The third-order valence-corrected chi connectivity index (χ3v) is 1.76. The van der Waals surface area contributed by atoms with Gasteiger partial charge in [0.15, 0.2) is 0 Å². The predicted octanol–water partition coefficient (Wildman–Crippen LogP) is 0.683. The molecule has 0 aliphatic rings. The molecule has 1 aromatic heterocycles. The summed E-state index contributed by atoms with van der Waals surface area (Å²) in [6.07, 6.45) is 5.17. The van der Waals surface area contributed by atoms with Crippen LogP contribution in [0.5, 0.6) is 0 Å². The van der Waals surface area contributed by atoms with E-state index in [9.17, 15) is 0 Å². The summed E-state index contributed by atoms with van der Waals surface area (Å²) < 4.78 is 0. The van der Waals surface area contributed by atoms with Gasteiger partial charge in [-0.2, -0.15) is 0 Å². The SMILES string of the molecule is C=Cc1cnccc1[C@H](N)CN. The van der Waals surface area contributed by atoms with Gasteiger partial charge in [-0.05, 0) is 17.2 Å². The molecule has 0 aliphatic carbocycles. The van der Waals surface area contributed by atoms with Crippen LogP contribution < -0.4 is 11.5 Å². The van der Waals surface area contributed by atoms with Crippen molar-refractivity contribution in [2.24, 2.45) is 11.5 Å². The molecule has 3 nitrogen and oxygen atoms in total. The predicted molar refractivity (Wildman–Crippen MR) is 50.3 cm³/mol. The van der Waals surface area contributed by atoms with E-state index in [4.69, 9.17) is 11.5 Å². The lowest BCUT2D eigenvalue weighted by molar-refractivity contribution is 0.734. The minimum Gasteiger partial charge on any atom is -0.329 e. The first-order valence-electron chi connectivity index (χ1n) is 3.81. The molecule has 1 atom stereocenters. The summed E-state index contributed by atoms with van der Waals surface area (Å²) in [4.78, 5) is 3.97. The van der Waals surface area contributed by atoms with Crippen LogP contribution in [0.2, 0.25) is 0 Å². The van der Waals surface area contributed by atoms with E-state index in [0.29, 0.717) is 6.54 Å². The second-order valence-electron chi connectivity index (χ2n) is 2.55. The van der Waals surface area contributed by atoms with Crippen LogP contribution in [-0.4, -0.2) is 11.5 Å². The number of hydrogen-bond acceptors (Lipinski definition) is 3. The summed E-state index contributed by atoms with van der Waals surface area (Å²) >= 11 is 0. The van der Waals surface area contributed by atoms with Crippen LogP contribution in [0.25, 0.3) is 6.08 Å². The van der Waals surface area contributed by atoms with Crippen molar-refractivity contribution >= 4 is 6.08 Å². The second-order valence-corrected chi connectivity index (χ2v) is 2.55. The highest BCUT2D eigenvalue weighted by Gasteiger charge is 2.06. The molecule has 0 saturated heterocycles. The van der Waals surface area contributed by atoms with Gasteiger partial charge in [-0.3, -0.25) is 4.98 Å². The Morgan fingerprint density at radius 2 is 2.42 bits per heavy atom. The first kappa shape index (κ1) is 8.90. The van der Waals surface area contributed by atoms with Gasteiger partial charge in [0, 0.05) is 25.0 Å². The smallest absolute Gasteiger partial charge is 0.0426 e. The fourth-order valence-corrected chi connectivity index (χ4v) is 1.05. The van der Waals surface area contributed by atoms with Crippen molar-refractivity contribution in [3.8, 4) is 0 Å². The highest BCUT2D eigenvalue weighted by molar-refractivity contribution is 5.51. The molecule has 3 heteroatoms. The average molecular weight is 163 g/mol. The van der Waals surface area contributed by atoms with Gasteiger partial charge in [-0.1, -0.05) is 12.7 Å². The van der Waals surface area contributed by atoms with Crippen molar-refractivity contribution in [3.05, 3.63) is 36.2 Å². The third kappa shape index (κ3) is 1.69. The first-order chi connectivity index (χ1) is 5.79. The largest absolute Gasteiger partial charge is 0.329 e. The molecular weight excluding hydrogens is 150 g/mol. The standard InChI is InChI=1S/C9H13N3/c1-2-7-6-12-4-3-8(7)9(11)5-10/h2-4,6,9H,1,5,10-11H2/t9-/m1/s1. The first-order valence-corrected chi connectivity index (χ1v) is 3.81. The van der Waals surface area contributed by atoms with Gasteiger partial charge in [0.25, 0.3) is 0 Å². The molecule has 0 aliphatic heterocycles. The lowest BCUT2D eigenvalue weighted by Gasteiger charge is -2.11. The van der Waals surface area contributed by atoms with Crippen LogP contribution in [-0.2, 0) is 0 Å². The Morgan fingerprint density at radius 1 is 1.67 bits per heavy atom. The zero-order chi connectivity index (χ0) is 8.97. The fourth-order valence-electron chi connectivity index (χ4n) is 1.05. The van der Waals surface area contributed by atoms with Crippen LogP contribution in [0.15, 0.2) is 25.0 Å². The molecule has 64 valence electrons. The van der Waals surface area contributed by atoms with Gasteiger partial charge in [-0.25, -0.2) is 0 Å². The van der Waals surface area contributed by atoms with E-state index >= 15 is 0 Å². The molecular formula is C9H13N3. The van der Waals surface area contributed by atoms with Crippen molar-refractivity contribution in [1.29, 1.82) is 0 Å². The summed E-state index contributed by atoms with van der Waals surface area (Å²) in [7, 11) is 0. The number of nitrogens with zero attached hydrogens (tertiary/aromatic N) is 1. The van der Waals surface area contributed by atoms with Crippen LogP contribution in [0.4, 0.5) is 0 Å². The molecule has 0 spiro atoms. The van der Waals surface area contributed by atoms with Crippen molar-refractivity contribution in [1.82, 2.24) is 4.98 Å². The van der Waals surface area contributed by atoms with Crippen molar-refractivity contribution < 1.29 is 0 Å². The number of aromatic nitrogens is 1. The molecule has 1 aromatic rings. The number of nitrogens with two attached hydrogens (primary N) is 2. The second kappa shape index (κ2) is 3.99. The Hall–Kier alpha value is -1.19. The minimum absolute atomic E-state index is 0.124. The summed E-state index contributed by atoms with van der Waals surface area (Å²) in [6.45, 7) is 4.11. The average Bonchev–Trinajstić information content (AvgIpc) is 2.16.